The molecule has 4 aliphatic carbocycles. The third kappa shape index (κ3) is 3.44. The molecular weight excluding hydrogens is 328 g/mol. The van der Waals surface area contributed by atoms with Gasteiger partial charge in [-0.15, -0.1) is 0 Å². The zero-order chi connectivity index (χ0) is 18.5. The number of carbonyl (C=O) groups excluding carboxylic acids is 2. The van der Waals surface area contributed by atoms with Crippen LogP contribution in [-0.2, 0) is 19.1 Å². The van der Waals surface area contributed by atoms with Crippen molar-refractivity contribution in [2.75, 3.05) is 0 Å². The number of rotatable bonds is 6. The molecule has 0 aromatic rings. The number of ether oxygens (including phenoxy) is 2. The summed E-state index contributed by atoms with van der Waals surface area (Å²) in [6.07, 6.45) is 11.2. The lowest BCUT2D eigenvalue weighted by atomic mass is 9.78. The molecule has 0 spiro atoms. The second-order valence-electron chi connectivity index (χ2n) is 9.70. The lowest BCUT2D eigenvalue weighted by Gasteiger charge is -2.37. The second kappa shape index (κ2) is 6.69. The average molecular weight is 360 g/mol. The molecule has 4 nitrogen and oxygen atoms in total. The molecule has 4 rings (SSSR count). The van der Waals surface area contributed by atoms with Crippen LogP contribution in [0.1, 0.15) is 65.7 Å². The zero-order valence-corrected chi connectivity index (χ0v) is 16.3. The van der Waals surface area contributed by atoms with Gasteiger partial charge in [0.05, 0.1) is 12.3 Å². The van der Waals surface area contributed by atoms with E-state index in [2.05, 4.69) is 26.0 Å². The molecular formula is C22H32O4. The Morgan fingerprint density at radius 1 is 1.12 bits per heavy atom. The van der Waals surface area contributed by atoms with E-state index < -0.39 is 11.7 Å². The largest absolute Gasteiger partial charge is 0.462 e. The first-order valence-corrected chi connectivity index (χ1v) is 10.4. The highest BCUT2D eigenvalue weighted by atomic mass is 16.6. The van der Waals surface area contributed by atoms with E-state index in [1.54, 1.807) is 6.92 Å². The Labute approximate surface area is 156 Å². The van der Waals surface area contributed by atoms with E-state index in [1.807, 2.05) is 0 Å². The van der Waals surface area contributed by atoms with Crippen LogP contribution in [-0.4, -0.2) is 23.6 Å². The number of esters is 2. The molecule has 4 aliphatic rings. The van der Waals surface area contributed by atoms with Gasteiger partial charge in [0.15, 0.2) is 0 Å². The van der Waals surface area contributed by atoms with Crippen LogP contribution < -0.4 is 0 Å². The maximum Gasteiger partial charge on any atom is 0.310 e. The van der Waals surface area contributed by atoms with Crippen molar-refractivity contribution in [1.82, 2.24) is 0 Å². The highest BCUT2D eigenvalue weighted by molar-refractivity contribution is 5.75. The summed E-state index contributed by atoms with van der Waals surface area (Å²) in [4.78, 5) is 24.8. The summed E-state index contributed by atoms with van der Waals surface area (Å²) in [5.41, 5.74) is -0.421. The van der Waals surface area contributed by atoms with Gasteiger partial charge in [0.25, 0.3) is 0 Å². The molecule has 0 heterocycles. The van der Waals surface area contributed by atoms with Crippen molar-refractivity contribution in [2.24, 2.45) is 35.5 Å². The monoisotopic (exact) mass is 360 g/mol. The Hall–Kier alpha value is -1.32. The molecule has 26 heavy (non-hydrogen) atoms. The Kier molecular flexibility index (Phi) is 4.65. The first kappa shape index (κ1) is 18.1. The quantitative estimate of drug-likeness (QED) is 0.524. The molecule has 3 saturated carbocycles. The first-order chi connectivity index (χ1) is 12.3. The van der Waals surface area contributed by atoms with Gasteiger partial charge in [-0.05, 0) is 76.5 Å². The Bertz CT molecular complexity index is 607. The maximum absolute atomic E-state index is 12.4. The van der Waals surface area contributed by atoms with Gasteiger partial charge in [0.2, 0.25) is 0 Å². The fraction of sp³-hybridized carbons (Fsp3) is 0.818. The molecule has 0 radical (unpaired) electrons. The predicted molar refractivity (Wildman–Crippen MR) is 98.1 cm³/mol. The summed E-state index contributed by atoms with van der Waals surface area (Å²) in [7, 11) is 0. The summed E-state index contributed by atoms with van der Waals surface area (Å²) in [5.74, 6) is 2.49. The summed E-state index contributed by atoms with van der Waals surface area (Å²) >= 11 is 0. The minimum Gasteiger partial charge on any atom is -0.462 e. The van der Waals surface area contributed by atoms with E-state index in [0.717, 1.165) is 18.8 Å². The van der Waals surface area contributed by atoms with Crippen LogP contribution in [0.4, 0.5) is 0 Å². The van der Waals surface area contributed by atoms with Crippen molar-refractivity contribution in [3.63, 3.8) is 0 Å². The molecule has 0 aliphatic heterocycles. The number of carbonyl (C=O) groups is 2. The third-order valence-corrected chi connectivity index (χ3v) is 7.36. The number of allylic oxidation sites excluding steroid dienone is 2. The van der Waals surface area contributed by atoms with Gasteiger partial charge >= 0.3 is 11.9 Å². The van der Waals surface area contributed by atoms with Crippen molar-refractivity contribution in [3.8, 4) is 0 Å². The highest BCUT2D eigenvalue weighted by Gasteiger charge is 2.48. The molecule has 7 unspecified atom stereocenters. The van der Waals surface area contributed by atoms with Crippen molar-refractivity contribution < 1.29 is 19.1 Å². The maximum atomic E-state index is 12.4. The molecule has 0 aromatic heterocycles. The fourth-order valence-electron chi connectivity index (χ4n) is 6.12. The number of hydrogen-bond donors (Lipinski definition) is 0. The predicted octanol–water partition coefficient (Wildman–Crippen LogP) is 4.28. The molecule has 0 N–H and O–H groups in total. The van der Waals surface area contributed by atoms with E-state index in [1.165, 1.54) is 25.7 Å². The normalized spacial score (nSPS) is 38.6. The summed E-state index contributed by atoms with van der Waals surface area (Å²) in [6, 6.07) is 0. The summed E-state index contributed by atoms with van der Waals surface area (Å²) in [6.45, 7) is 5.90. The smallest absolute Gasteiger partial charge is 0.310 e. The van der Waals surface area contributed by atoms with Gasteiger partial charge in [-0.25, -0.2) is 0 Å². The van der Waals surface area contributed by atoms with Crippen LogP contribution in [0, 0.1) is 35.5 Å². The molecule has 4 heteroatoms. The minimum absolute atomic E-state index is 0.0195. The van der Waals surface area contributed by atoms with Crippen LogP contribution in [0.25, 0.3) is 0 Å². The van der Waals surface area contributed by atoms with Crippen LogP contribution in [0.5, 0.6) is 0 Å². The molecule has 0 saturated heterocycles. The SMILES string of the molecule is CC(CC(=O)OC(C)(C)C1CC2CCC1C2)OC(=O)C1CC2C=CC1C2. The van der Waals surface area contributed by atoms with Crippen molar-refractivity contribution in [1.29, 1.82) is 0 Å². The van der Waals surface area contributed by atoms with Crippen LogP contribution in [0.3, 0.4) is 0 Å². The van der Waals surface area contributed by atoms with Crippen LogP contribution in [0.15, 0.2) is 12.2 Å². The first-order valence-electron chi connectivity index (χ1n) is 10.4. The standard InChI is InChI=1S/C22H32O4/c1-13(25-21(24)18-11-14-4-6-16(18)9-14)8-20(23)26-22(2,3)19-12-15-5-7-17(19)10-15/h4,6,13-19H,5,7-12H2,1-3H3. The third-order valence-electron chi connectivity index (χ3n) is 7.36. The number of hydrogen-bond acceptors (Lipinski definition) is 4. The van der Waals surface area contributed by atoms with E-state index in [-0.39, 0.29) is 24.3 Å². The van der Waals surface area contributed by atoms with E-state index in [0.29, 0.717) is 23.7 Å². The topological polar surface area (TPSA) is 52.6 Å². The van der Waals surface area contributed by atoms with Gasteiger partial charge in [0, 0.05) is 5.92 Å². The van der Waals surface area contributed by atoms with Gasteiger partial charge in [0.1, 0.15) is 11.7 Å². The van der Waals surface area contributed by atoms with Crippen molar-refractivity contribution >= 4 is 11.9 Å². The van der Waals surface area contributed by atoms with Crippen molar-refractivity contribution in [2.45, 2.75) is 77.4 Å². The molecule has 4 bridgehead atoms. The lowest BCUT2D eigenvalue weighted by molar-refractivity contribution is -0.169. The van der Waals surface area contributed by atoms with Crippen molar-refractivity contribution in [3.05, 3.63) is 12.2 Å². The van der Waals surface area contributed by atoms with E-state index >= 15 is 0 Å². The van der Waals surface area contributed by atoms with Crippen LogP contribution in [0.2, 0.25) is 0 Å². The van der Waals surface area contributed by atoms with Gasteiger partial charge in [-0.2, -0.15) is 0 Å². The highest BCUT2D eigenvalue weighted by Crippen LogP contribution is 2.53. The van der Waals surface area contributed by atoms with Crippen LogP contribution >= 0.6 is 0 Å². The van der Waals surface area contributed by atoms with Gasteiger partial charge in [-0.1, -0.05) is 18.6 Å². The van der Waals surface area contributed by atoms with E-state index in [4.69, 9.17) is 9.47 Å². The summed E-state index contributed by atoms with van der Waals surface area (Å²) in [5, 5.41) is 0. The zero-order valence-electron chi connectivity index (χ0n) is 16.3. The summed E-state index contributed by atoms with van der Waals surface area (Å²) < 4.78 is 11.4. The fourth-order valence-corrected chi connectivity index (χ4v) is 6.12. The average Bonchev–Trinajstić information content (AvgIpc) is 3.34. The lowest BCUT2D eigenvalue weighted by Crippen LogP contribution is -2.40. The molecule has 144 valence electrons. The molecule has 3 fully saturated rings. The Morgan fingerprint density at radius 3 is 2.50 bits per heavy atom. The number of fused-ring (bicyclic) bond motifs is 4. The molecule has 0 amide bonds. The van der Waals surface area contributed by atoms with E-state index in [9.17, 15) is 9.59 Å². The minimum atomic E-state index is -0.422. The molecule has 7 atom stereocenters. The second-order valence-corrected chi connectivity index (χ2v) is 9.70. The molecule has 0 aromatic carbocycles. The Balaban J connectivity index is 1.25. The van der Waals surface area contributed by atoms with Gasteiger partial charge < -0.3 is 9.47 Å². The Morgan fingerprint density at radius 2 is 1.92 bits per heavy atom. The van der Waals surface area contributed by atoms with Gasteiger partial charge in [-0.3, -0.25) is 9.59 Å².